The summed E-state index contributed by atoms with van der Waals surface area (Å²) >= 11 is 5.78. The second-order valence-electron chi connectivity index (χ2n) is 5.27. The van der Waals surface area contributed by atoms with Crippen LogP contribution in [-0.2, 0) is 10.0 Å². The Balaban J connectivity index is 2.01. The predicted molar refractivity (Wildman–Crippen MR) is 96.6 cm³/mol. The van der Waals surface area contributed by atoms with E-state index in [1.807, 2.05) is 0 Å². The lowest BCUT2D eigenvalue weighted by Gasteiger charge is -2.12. The summed E-state index contributed by atoms with van der Waals surface area (Å²) in [5, 5.41) is 9.24. The molecule has 5 nitrogen and oxygen atoms in total. The topological polar surface area (TPSA) is 82.8 Å². The Bertz CT molecular complexity index is 1110. The van der Waals surface area contributed by atoms with Crippen LogP contribution in [0.4, 0.5) is 10.1 Å². The quantitative estimate of drug-likeness (QED) is 0.726. The first-order valence-electron chi connectivity index (χ1n) is 7.34. The number of anilines is 1. The van der Waals surface area contributed by atoms with Crippen LogP contribution in [0.25, 0.3) is 11.3 Å². The van der Waals surface area contributed by atoms with Crippen molar-refractivity contribution in [3.8, 4) is 17.3 Å². The summed E-state index contributed by atoms with van der Waals surface area (Å²) in [6, 6.07) is 14.5. The highest BCUT2D eigenvalue weighted by Crippen LogP contribution is 2.29. The van der Waals surface area contributed by atoms with Crippen molar-refractivity contribution in [3.63, 3.8) is 0 Å². The fourth-order valence-corrected chi connectivity index (χ4v) is 3.48. The third kappa shape index (κ3) is 3.67. The molecule has 8 heteroatoms. The lowest BCUT2D eigenvalue weighted by atomic mass is 10.1. The van der Waals surface area contributed by atoms with Gasteiger partial charge >= 0.3 is 0 Å². The van der Waals surface area contributed by atoms with Crippen LogP contribution in [0.2, 0.25) is 5.02 Å². The molecular formula is C18H11ClFN3O2S. The minimum atomic E-state index is -3.88. The number of aromatic nitrogens is 1. The number of pyridine rings is 1. The lowest BCUT2D eigenvalue weighted by Crippen LogP contribution is -2.14. The molecule has 3 rings (SSSR count). The Labute approximate surface area is 154 Å². The Morgan fingerprint density at radius 3 is 2.50 bits per heavy atom. The number of nitrogens with zero attached hydrogens (tertiary/aromatic N) is 2. The standard InChI is InChI=1S/C18H11ClFN3O2S/c19-14-5-7-15(8-6-14)26(24,25)23-17-2-1-9-22-18(17)12-3-4-13(11-21)16(20)10-12/h1-10,23H. The van der Waals surface area contributed by atoms with Gasteiger partial charge in [-0.05, 0) is 48.5 Å². The van der Waals surface area contributed by atoms with E-state index in [0.717, 1.165) is 6.07 Å². The van der Waals surface area contributed by atoms with E-state index in [1.165, 1.54) is 48.7 Å². The van der Waals surface area contributed by atoms with Gasteiger partial charge < -0.3 is 0 Å². The molecule has 1 N–H and O–H groups in total. The molecule has 0 radical (unpaired) electrons. The number of hydrogen-bond acceptors (Lipinski definition) is 4. The van der Waals surface area contributed by atoms with Crippen molar-refractivity contribution < 1.29 is 12.8 Å². The number of hydrogen-bond donors (Lipinski definition) is 1. The molecule has 0 amide bonds. The van der Waals surface area contributed by atoms with E-state index >= 15 is 0 Å². The lowest BCUT2D eigenvalue weighted by molar-refractivity contribution is 0.601. The molecule has 130 valence electrons. The van der Waals surface area contributed by atoms with Crippen molar-refractivity contribution in [2.75, 3.05) is 4.72 Å². The maximum atomic E-state index is 13.9. The first kappa shape index (κ1) is 17.9. The van der Waals surface area contributed by atoms with Gasteiger partial charge in [0.1, 0.15) is 11.9 Å². The molecule has 0 saturated heterocycles. The molecule has 0 bridgehead atoms. The van der Waals surface area contributed by atoms with Crippen molar-refractivity contribution in [3.05, 3.63) is 77.2 Å². The molecule has 0 atom stereocenters. The number of nitrogens with one attached hydrogen (secondary N) is 1. The molecule has 0 spiro atoms. The summed E-state index contributed by atoms with van der Waals surface area (Å²) in [4.78, 5) is 4.17. The second kappa shape index (κ2) is 7.12. The van der Waals surface area contributed by atoms with Crippen LogP contribution < -0.4 is 4.72 Å². The Morgan fingerprint density at radius 2 is 1.85 bits per heavy atom. The van der Waals surface area contributed by atoms with Crippen LogP contribution in [0.1, 0.15) is 5.56 Å². The average Bonchev–Trinajstić information content (AvgIpc) is 2.62. The third-order valence-corrected chi connectivity index (χ3v) is 5.17. The summed E-state index contributed by atoms with van der Waals surface area (Å²) in [7, 11) is -3.88. The van der Waals surface area contributed by atoms with Gasteiger partial charge in [0.25, 0.3) is 10.0 Å². The highest BCUT2D eigenvalue weighted by Gasteiger charge is 2.17. The van der Waals surface area contributed by atoms with Gasteiger partial charge in [0.05, 0.1) is 21.8 Å². The Kier molecular flexibility index (Phi) is 4.89. The van der Waals surface area contributed by atoms with E-state index in [-0.39, 0.29) is 21.8 Å². The van der Waals surface area contributed by atoms with Gasteiger partial charge in [-0.1, -0.05) is 17.7 Å². The number of nitriles is 1. The monoisotopic (exact) mass is 387 g/mol. The average molecular weight is 388 g/mol. The SMILES string of the molecule is N#Cc1ccc(-c2ncccc2NS(=O)(=O)c2ccc(Cl)cc2)cc1F. The first-order valence-corrected chi connectivity index (χ1v) is 9.20. The number of sulfonamides is 1. The van der Waals surface area contributed by atoms with Crippen LogP contribution in [0.5, 0.6) is 0 Å². The van der Waals surface area contributed by atoms with Gasteiger partial charge in [0.2, 0.25) is 0 Å². The van der Waals surface area contributed by atoms with Crippen LogP contribution in [0, 0.1) is 17.1 Å². The minimum Gasteiger partial charge on any atom is -0.277 e. The second-order valence-corrected chi connectivity index (χ2v) is 7.38. The van der Waals surface area contributed by atoms with E-state index < -0.39 is 15.8 Å². The minimum absolute atomic E-state index is 0.0303. The Morgan fingerprint density at radius 1 is 1.12 bits per heavy atom. The van der Waals surface area contributed by atoms with Crippen LogP contribution in [-0.4, -0.2) is 13.4 Å². The van der Waals surface area contributed by atoms with Crippen molar-refractivity contribution in [1.82, 2.24) is 4.98 Å². The summed E-state index contributed by atoms with van der Waals surface area (Å²) in [6.07, 6.45) is 1.46. The molecule has 0 aliphatic rings. The molecule has 1 heterocycles. The molecular weight excluding hydrogens is 377 g/mol. The van der Waals surface area contributed by atoms with Gasteiger partial charge in [-0.2, -0.15) is 5.26 Å². The van der Waals surface area contributed by atoms with Gasteiger partial charge in [0, 0.05) is 16.8 Å². The van der Waals surface area contributed by atoms with Crippen molar-refractivity contribution >= 4 is 27.3 Å². The smallest absolute Gasteiger partial charge is 0.261 e. The molecule has 26 heavy (non-hydrogen) atoms. The highest BCUT2D eigenvalue weighted by molar-refractivity contribution is 7.92. The normalized spacial score (nSPS) is 11.0. The van der Waals surface area contributed by atoms with Gasteiger partial charge in [0.15, 0.2) is 0 Å². The Hall–Kier alpha value is -2.95. The molecule has 2 aromatic carbocycles. The fourth-order valence-electron chi connectivity index (χ4n) is 2.29. The van der Waals surface area contributed by atoms with E-state index in [2.05, 4.69) is 9.71 Å². The van der Waals surface area contributed by atoms with Crippen molar-refractivity contribution in [2.45, 2.75) is 4.90 Å². The summed E-state index contributed by atoms with van der Waals surface area (Å²) in [5.41, 5.74) is 0.670. The largest absolute Gasteiger partial charge is 0.277 e. The van der Waals surface area contributed by atoms with E-state index in [9.17, 15) is 12.8 Å². The predicted octanol–water partition coefficient (Wildman–Crippen LogP) is 4.21. The van der Waals surface area contributed by atoms with E-state index in [1.54, 1.807) is 12.1 Å². The molecule has 0 aliphatic heterocycles. The van der Waals surface area contributed by atoms with Crippen LogP contribution in [0.15, 0.2) is 65.7 Å². The van der Waals surface area contributed by atoms with Gasteiger partial charge in [-0.3, -0.25) is 9.71 Å². The first-order chi connectivity index (χ1) is 12.4. The van der Waals surface area contributed by atoms with Gasteiger partial charge in [-0.15, -0.1) is 0 Å². The zero-order valence-corrected chi connectivity index (χ0v) is 14.7. The number of halogens is 2. The highest BCUT2D eigenvalue weighted by atomic mass is 35.5. The zero-order chi connectivity index (χ0) is 18.7. The van der Waals surface area contributed by atoms with Crippen LogP contribution >= 0.6 is 11.6 Å². The summed E-state index contributed by atoms with van der Waals surface area (Å²) in [5.74, 6) is -0.706. The number of benzene rings is 2. The maximum absolute atomic E-state index is 13.9. The number of rotatable bonds is 4. The molecule has 1 aromatic heterocycles. The molecule has 0 saturated carbocycles. The third-order valence-electron chi connectivity index (χ3n) is 3.54. The zero-order valence-electron chi connectivity index (χ0n) is 13.1. The van der Waals surface area contributed by atoms with Crippen molar-refractivity contribution in [2.24, 2.45) is 0 Å². The molecule has 0 aliphatic carbocycles. The molecule has 0 fully saturated rings. The summed E-state index contributed by atoms with van der Waals surface area (Å²) < 4.78 is 41.5. The van der Waals surface area contributed by atoms with Gasteiger partial charge in [-0.25, -0.2) is 12.8 Å². The van der Waals surface area contributed by atoms with E-state index in [4.69, 9.17) is 16.9 Å². The van der Waals surface area contributed by atoms with E-state index in [0.29, 0.717) is 10.6 Å². The van der Waals surface area contributed by atoms with Crippen molar-refractivity contribution in [1.29, 1.82) is 5.26 Å². The summed E-state index contributed by atoms with van der Waals surface area (Å²) in [6.45, 7) is 0. The molecule has 3 aromatic rings. The molecule has 0 unspecified atom stereocenters. The maximum Gasteiger partial charge on any atom is 0.261 e. The van der Waals surface area contributed by atoms with Crippen LogP contribution in [0.3, 0.4) is 0 Å². The fraction of sp³-hybridized carbons (Fsp3) is 0.